The number of hydrogen-bond donors (Lipinski definition) is 2. The van der Waals surface area contributed by atoms with Crippen molar-refractivity contribution in [1.29, 1.82) is 0 Å². The van der Waals surface area contributed by atoms with Gasteiger partial charge in [0.1, 0.15) is 5.82 Å². The standard InChI is InChI=1S/C15H18F3N3/c1-10(2)7-19-9-14-20-8-13(21-14)11-4-3-5-12(6-11)15(16,17)18/h3-6,8,10,19H,7,9H2,1-2H3,(H,20,21). The summed E-state index contributed by atoms with van der Waals surface area (Å²) in [6, 6.07) is 5.22. The fourth-order valence-corrected chi connectivity index (χ4v) is 1.94. The first kappa shape index (κ1) is 15.6. The maximum absolute atomic E-state index is 12.7. The summed E-state index contributed by atoms with van der Waals surface area (Å²) in [4.78, 5) is 7.22. The summed E-state index contributed by atoms with van der Waals surface area (Å²) in [6.45, 7) is 5.63. The monoisotopic (exact) mass is 297 g/mol. The zero-order valence-corrected chi connectivity index (χ0v) is 12.0. The Labute approximate surface area is 121 Å². The molecule has 0 saturated heterocycles. The van der Waals surface area contributed by atoms with E-state index < -0.39 is 11.7 Å². The van der Waals surface area contributed by atoms with Gasteiger partial charge in [-0.3, -0.25) is 0 Å². The fourth-order valence-electron chi connectivity index (χ4n) is 1.94. The molecule has 0 amide bonds. The van der Waals surface area contributed by atoms with E-state index in [4.69, 9.17) is 0 Å². The SMILES string of the molecule is CC(C)CNCc1ncc(-c2cccc(C(F)(F)F)c2)[nH]1. The van der Waals surface area contributed by atoms with Gasteiger partial charge in [0.05, 0.1) is 24.0 Å². The molecule has 1 aromatic carbocycles. The number of benzene rings is 1. The Kier molecular flexibility index (Phi) is 4.67. The molecule has 0 spiro atoms. The second-order valence-electron chi connectivity index (χ2n) is 5.35. The first-order valence-corrected chi connectivity index (χ1v) is 6.78. The van der Waals surface area contributed by atoms with Crippen LogP contribution in [0.4, 0.5) is 13.2 Å². The average molecular weight is 297 g/mol. The Balaban J connectivity index is 2.11. The van der Waals surface area contributed by atoms with Gasteiger partial charge in [0.2, 0.25) is 0 Å². The van der Waals surface area contributed by atoms with Crippen LogP contribution in [0.5, 0.6) is 0 Å². The normalized spacial score (nSPS) is 12.1. The number of aromatic nitrogens is 2. The number of H-pyrrole nitrogens is 1. The van der Waals surface area contributed by atoms with Crippen LogP contribution in [0.2, 0.25) is 0 Å². The molecule has 1 heterocycles. The molecule has 21 heavy (non-hydrogen) atoms. The number of rotatable bonds is 5. The molecule has 114 valence electrons. The molecule has 0 aliphatic rings. The Morgan fingerprint density at radius 2 is 2.05 bits per heavy atom. The molecule has 0 radical (unpaired) electrons. The van der Waals surface area contributed by atoms with Gasteiger partial charge in [-0.2, -0.15) is 13.2 Å². The largest absolute Gasteiger partial charge is 0.416 e. The second kappa shape index (κ2) is 6.30. The minimum Gasteiger partial charge on any atom is -0.341 e. The van der Waals surface area contributed by atoms with E-state index in [1.165, 1.54) is 6.07 Å². The Morgan fingerprint density at radius 3 is 2.71 bits per heavy atom. The number of alkyl halides is 3. The molecule has 2 N–H and O–H groups in total. The third-order valence-corrected chi connectivity index (χ3v) is 2.97. The van der Waals surface area contributed by atoms with E-state index in [1.54, 1.807) is 12.3 Å². The molecule has 3 nitrogen and oxygen atoms in total. The molecular weight excluding hydrogens is 279 g/mol. The van der Waals surface area contributed by atoms with Crippen LogP contribution in [0.3, 0.4) is 0 Å². The average Bonchev–Trinajstić information content (AvgIpc) is 2.86. The Hall–Kier alpha value is -1.82. The van der Waals surface area contributed by atoms with E-state index in [0.29, 0.717) is 29.5 Å². The van der Waals surface area contributed by atoms with Crippen molar-refractivity contribution in [2.45, 2.75) is 26.6 Å². The van der Waals surface area contributed by atoms with Crippen LogP contribution >= 0.6 is 0 Å². The van der Waals surface area contributed by atoms with Crippen molar-refractivity contribution in [1.82, 2.24) is 15.3 Å². The molecule has 6 heteroatoms. The van der Waals surface area contributed by atoms with Crippen LogP contribution in [0.1, 0.15) is 25.2 Å². The summed E-state index contributed by atoms with van der Waals surface area (Å²) in [6.07, 6.45) is -2.78. The highest BCUT2D eigenvalue weighted by Crippen LogP contribution is 2.31. The van der Waals surface area contributed by atoms with Crippen LogP contribution in [0, 0.1) is 5.92 Å². The summed E-state index contributed by atoms with van der Waals surface area (Å²) < 4.78 is 38.1. The molecule has 0 aliphatic carbocycles. The van der Waals surface area contributed by atoms with Crippen molar-refractivity contribution in [3.05, 3.63) is 41.9 Å². The lowest BCUT2D eigenvalue weighted by Gasteiger charge is -2.07. The van der Waals surface area contributed by atoms with Gasteiger partial charge in [0.25, 0.3) is 0 Å². The highest BCUT2D eigenvalue weighted by molar-refractivity contribution is 5.59. The number of hydrogen-bond acceptors (Lipinski definition) is 2. The maximum atomic E-state index is 12.7. The van der Waals surface area contributed by atoms with Crippen molar-refractivity contribution in [2.24, 2.45) is 5.92 Å². The zero-order valence-electron chi connectivity index (χ0n) is 12.0. The minimum atomic E-state index is -4.34. The van der Waals surface area contributed by atoms with Gasteiger partial charge in [-0.1, -0.05) is 26.0 Å². The quantitative estimate of drug-likeness (QED) is 0.880. The van der Waals surface area contributed by atoms with Crippen molar-refractivity contribution in [2.75, 3.05) is 6.54 Å². The first-order valence-electron chi connectivity index (χ1n) is 6.78. The van der Waals surface area contributed by atoms with Gasteiger partial charge in [-0.05, 0) is 24.6 Å². The summed E-state index contributed by atoms with van der Waals surface area (Å²) in [5.41, 5.74) is 0.406. The van der Waals surface area contributed by atoms with Crippen molar-refractivity contribution in [3.8, 4) is 11.3 Å². The number of aromatic amines is 1. The number of imidazole rings is 1. The molecule has 0 atom stereocenters. The summed E-state index contributed by atoms with van der Waals surface area (Å²) in [7, 11) is 0. The van der Waals surface area contributed by atoms with E-state index in [1.807, 2.05) is 0 Å². The molecule has 0 saturated carbocycles. The molecule has 2 aromatic rings. The van der Waals surface area contributed by atoms with E-state index >= 15 is 0 Å². The van der Waals surface area contributed by atoms with Gasteiger partial charge in [0, 0.05) is 5.56 Å². The fraction of sp³-hybridized carbons (Fsp3) is 0.400. The molecule has 1 aromatic heterocycles. The number of nitrogens with zero attached hydrogens (tertiary/aromatic N) is 1. The van der Waals surface area contributed by atoms with Crippen molar-refractivity contribution < 1.29 is 13.2 Å². The molecule has 0 bridgehead atoms. The Morgan fingerprint density at radius 1 is 1.29 bits per heavy atom. The number of nitrogens with one attached hydrogen (secondary N) is 2. The van der Waals surface area contributed by atoms with Gasteiger partial charge in [-0.15, -0.1) is 0 Å². The van der Waals surface area contributed by atoms with Crippen molar-refractivity contribution in [3.63, 3.8) is 0 Å². The lowest BCUT2D eigenvalue weighted by molar-refractivity contribution is -0.137. The zero-order chi connectivity index (χ0) is 15.5. The summed E-state index contributed by atoms with van der Waals surface area (Å²) in [5.74, 6) is 1.24. The smallest absolute Gasteiger partial charge is 0.341 e. The van der Waals surface area contributed by atoms with E-state index in [9.17, 15) is 13.2 Å². The lowest BCUT2D eigenvalue weighted by atomic mass is 10.1. The third kappa shape index (κ3) is 4.32. The van der Waals surface area contributed by atoms with Gasteiger partial charge in [-0.25, -0.2) is 4.98 Å². The van der Waals surface area contributed by atoms with Crippen LogP contribution in [-0.4, -0.2) is 16.5 Å². The van der Waals surface area contributed by atoms with E-state index in [0.717, 1.165) is 18.7 Å². The van der Waals surface area contributed by atoms with Gasteiger partial charge >= 0.3 is 6.18 Å². The van der Waals surface area contributed by atoms with Crippen LogP contribution in [-0.2, 0) is 12.7 Å². The predicted molar refractivity (Wildman–Crippen MR) is 75.6 cm³/mol. The topological polar surface area (TPSA) is 40.7 Å². The molecule has 2 rings (SSSR count). The number of halogens is 3. The highest BCUT2D eigenvalue weighted by Gasteiger charge is 2.30. The minimum absolute atomic E-state index is 0.479. The molecule has 0 aliphatic heterocycles. The molecular formula is C15H18F3N3. The predicted octanol–water partition coefficient (Wildman–Crippen LogP) is 3.84. The van der Waals surface area contributed by atoms with E-state index in [2.05, 4.69) is 29.1 Å². The Bertz CT molecular complexity index is 588. The van der Waals surface area contributed by atoms with E-state index in [-0.39, 0.29) is 0 Å². The van der Waals surface area contributed by atoms with Crippen molar-refractivity contribution >= 4 is 0 Å². The highest BCUT2D eigenvalue weighted by atomic mass is 19.4. The molecule has 0 unspecified atom stereocenters. The third-order valence-electron chi connectivity index (χ3n) is 2.97. The van der Waals surface area contributed by atoms with Crippen LogP contribution in [0.25, 0.3) is 11.3 Å². The van der Waals surface area contributed by atoms with Gasteiger partial charge < -0.3 is 10.3 Å². The van der Waals surface area contributed by atoms with Gasteiger partial charge in [0.15, 0.2) is 0 Å². The summed E-state index contributed by atoms with van der Waals surface area (Å²) in [5, 5.41) is 3.23. The lowest BCUT2D eigenvalue weighted by Crippen LogP contribution is -2.19. The first-order chi connectivity index (χ1) is 9.86. The maximum Gasteiger partial charge on any atom is 0.416 e. The summed E-state index contributed by atoms with van der Waals surface area (Å²) >= 11 is 0. The second-order valence-corrected chi connectivity index (χ2v) is 5.35. The molecule has 0 fully saturated rings. The van der Waals surface area contributed by atoms with Crippen LogP contribution < -0.4 is 5.32 Å². The van der Waals surface area contributed by atoms with Crippen LogP contribution in [0.15, 0.2) is 30.5 Å².